The van der Waals surface area contributed by atoms with Gasteiger partial charge in [-0.15, -0.1) is 0 Å². The fourth-order valence-electron chi connectivity index (χ4n) is 3.85. The normalized spacial score (nSPS) is 15.9. The van der Waals surface area contributed by atoms with Crippen molar-refractivity contribution in [3.8, 4) is 0 Å². The van der Waals surface area contributed by atoms with Crippen LogP contribution in [-0.2, 0) is 9.84 Å². The Morgan fingerprint density at radius 3 is 2.54 bits per heavy atom. The highest BCUT2D eigenvalue weighted by Gasteiger charge is 2.29. The number of pyridine rings is 1. The first-order chi connectivity index (χ1) is 13.4. The minimum absolute atomic E-state index is 0.0482. The number of anilines is 1. The number of hydrogen-bond donors (Lipinski definition) is 0. The van der Waals surface area contributed by atoms with E-state index in [4.69, 9.17) is 0 Å². The molecule has 0 aliphatic carbocycles. The number of sulfone groups is 1. The first-order valence-corrected chi connectivity index (χ1v) is 11.0. The van der Waals surface area contributed by atoms with E-state index >= 15 is 0 Å². The quantitative estimate of drug-likeness (QED) is 0.639. The average molecular weight is 399 g/mol. The van der Waals surface area contributed by atoms with Crippen LogP contribution in [0.15, 0.2) is 58.5 Å². The van der Waals surface area contributed by atoms with Crippen molar-refractivity contribution in [3.63, 3.8) is 0 Å². The molecule has 6 heteroatoms. The van der Waals surface area contributed by atoms with Crippen molar-refractivity contribution >= 4 is 26.4 Å². The van der Waals surface area contributed by atoms with Crippen molar-refractivity contribution in [3.05, 3.63) is 60.0 Å². The third-order valence-corrected chi connectivity index (χ3v) is 7.29. The van der Waals surface area contributed by atoms with Crippen molar-refractivity contribution in [2.45, 2.75) is 36.5 Å². The number of nitrogens with zero attached hydrogens (tertiary/aromatic N) is 2. The number of para-hydroxylation sites is 1. The molecule has 0 radical (unpaired) electrons. The highest BCUT2D eigenvalue weighted by Crippen LogP contribution is 2.38. The van der Waals surface area contributed by atoms with Crippen molar-refractivity contribution < 1.29 is 12.8 Å². The molecule has 146 valence electrons. The number of rotatable bonds is 3. The molecular formula is C22H23FN2O2S. The van der Waals surface area contributed by atoms with Crippen LogP contribution < -0.4 is 4.90 Å². The molecular weight excluding hydrogens is 375 g/mol. The Labute approximate surface area is 164 Å². The van der Waals surface area contributed by atoms with Gasteiger partial charge >= 0.3 is 0 Å². The molecule has 3 aromatic rings. The van der Waals surface area contributed by atoms with E-state index in [0.29, 0.717) is 11.6 Å². The molecule has 0 saturated carbocycles. The van der Waals surface area contributed by atoms with Crippen molar-refractivity contribution in [2.75, 3.05) is 18.0 Å². The van der Waals surface area contributed by atoms with Gasteiger partial charge in [0.25, 0.3) is 0 Å². The zero-order chi connectivity index (χ0) is 19.9. The molecule has 2 heterocycles. The maximum Gasteiger partial charge on any atom is 0.210 e. The van der Waals surface area contributed by atoms with E-state index in [1.54, 1.807) is 0 Å². The molecule has 1 saturated heterocycles. The Hall–Kier alpha value is -2.47. The van der Waals surface area contributed by atoms with Crippen LogP contribution in [0.1, 0.15) is 25.3 Å². The lowest BCUT2D eigenvalue weighted by Crippen LogP contribution is -2.34. The van der Waals surface area contributed by atoms with E-state index in [1.165, 1.54) is 24.4 Å². The smallest absolute Gasteiger partial charge is 0.210 e. The first-order valence-electron chi connectivity index (χ1n) is 9.52. The van der Waals surface area contributed by atoms with Gasteiger partial charge in [0.05, 0.1) is 16.1 Å². The van der Waals surface area contributed by atoms with Crippen LogP contribution in [0.3, 0.4) is 0 Å². The lowest BCUT2D eigenvalue weighted by molar-refractivity contribution is 0.437. The van der Waals surface area contributed by atoms with Crippen LogP contribution in [-0.4, -0.2) is 26.5 Å². The number of aromatic nitrogens is 1. The predicted molar refractivity (Wildman–Crippen MR) is 109 cm³/mol. The van der Waals surface area contributed by atoms with Crippen molar-refractivity contribution in [2.24, 2.45) is 5.92 Å². The van der Waals surface area contributed by atoms with Crippen LogP contribution in [0.2, 0.25) is 0 Å². The molecule has 28 heavy (non-hydrogen) atoms. The van der Waals surface area contributed by atoms with Crippen LogP contribution in [0, 0.1) is 18.7 Å². The molecule has 1 aliphatic rings. The number of benzene rings is 2. The molecule has 0 bridgehead atoms. The highest BCUT2D eigenvalue weighted by molar-refractivity contribution is 7.91. The Kier molecular flexibility index (Phi) is 4.83. The predicted octanol–water partition coefficient (Wildman–Crippen LogP) is 4.75. The lowest BCUT2D eigenvalue weighted by Gasteiger charge is -2.34. The van der Waals surface area contributed by atoms with E-state index in [-0.39, 0.29) is 9.79 Å². The monoisotopic (exact) mass is 398 g/mol. The van der Waals surface area contributed by atoms with Gasteiger partial charge in [-0.3, -0.25) is 4.98 Å². The first kappa shape index (κ1) is 18.9. The Morgan fingerprint density at radius 1 is 1.11 bits per heavy atom. The summed E-state index contributed by atoms with van der Waals surface area (Å²) in [5, 5.41) is 0.826. The maximum absolute atomic E-state index is 13.7. The van der Waals surface area contributed by atoms with Gasteiger partial charge in [0.2, 0.25) is 9.84 Å². The summed E-state index contributed by atoms with van der Waals surface area (Å²) < 4.78 is 40.5. The molecule has 4 rings (SSSR count). The van der Waals surface area contributed by atoms with Crippen molar-refractivity contribution in [1.82, 2.24) is 4.98 Å². The molecule has 2 aromatic carbocycles. The van der Waals surface area contributed by atoms with E-state index in [0.717, 1.165) is 48.5 Å². The van der Waals surface area contributed by atoms with E-state index in [1.807, 2.05) is 25.1 Å². The van der Waals surface area contributed by atoms with Crippen LogP contribution in [0.4, 0.5) is 10.1 Å². The second-order valence-electron chi connectivity index (χ2n) is 7.57. The van der Waals surface area contributed by atoms with E-state index in [2.05, 4.69) is 16.8 Å². The van der Waals surface area contributed by atoms with E-state index in [9.17, 15) is 12.8 Å². The van der Waals surface area contributed by atoms with Gasteiger partial charge in [0, 0.05) is 24.7 Å². The van der Waals surface area contributed by atoms with Gasteiger partial charge < -0.3 is 4.90 Å². The highest BCUT2D eigenvalue weighted by atomic mass is 32.2. The molecule has 0 unspecified atom stereocenters. The summed E-state index contributed by atoms with van der Waals surface area (Å²) in [4.78, 5) is 6.71. The van der Waals surface area contributed by atoms with Gasteiger partial charge in [-0.05, 0) is 49.4 Å². The molecule has 4 nitrogen and oxygen atoms in total. The van der Waals surface area contributed by atoms with Gasteiger partial charge in [0.15, 0.2) is 0 Å². The SMILES string of the molecule is Cc1cccc2c(N3CCC(C)CC3)c(S(=O)(=O)c3cccc(F)c3)cnc12. The fraction of sp³-hybridized carbons (Fsp3) is 0.318. The summed E-state index contributed by atoms with van der Waals surface area (Å²) in [6, 6.07) is 11.0. The van der Waals surface area contributed by atoms with Crippen LogP contribution in [0.5, 0.6) is 0 Å². The van der Waals surface area contributed by atoms with Crippen LogP contribution >= 0.6 is 0 Å². The maximum atomic E-state index is 13.7. The Morgan fingerprint density at radius 2 is 1.82 bits per heavy atom. The van der Waals surface area contributed by atoms with Crippen molar-refractivity contribution in [1.29, 1.82) is 0 Å². The molecule has 0 atom stereocenters. The zero-order valence-electron chi connectivity index (χ0n) is 16.0. The molecule has 1 aromatic heterocycles. The topological polar surface area (TPSA) is 50.3 Å². The summed E-state index contributed by atoms with van der Waals surface area (Å²) in [6.45, 7) is 5.77. The fourth-order valence-corrected chi connectivity index (χ4v) is 5.32. The number of fused-ring (bicyclic) bond motifs is 1. The van der Waals surface area contributed by atoms with Gasteiger partial charge in [-0.1, -0.05) is 31.2 Å². The van der Waals surface area contributed by atoms with Gasteiger partial charge in [-0.25, -0.2) is 12.8 Å². The minimum Gasteiger partial charge on any atom is -0.370 e. The largest absolute Gasteiger partial charge is 0.370 e. The molecule has 0 N–H and O–H groups in total. The number of halogens is 1. The number of piperidine rings is 1. The summed E-state index contributed by atoms with van der Waals surface area (Å²) in [6.07, 6.45) is 3.45. The van der Waals surface area contributed by atoms with Gasteiger partial charge in [-0.2, -0.15) is 0 Å². The number of aryl methyl sites for hydroxylation is 1. The van der Waals surface area contributed by atoms with Gasteiger partial charge in [0.1, 0.15) is 10.7 Å². The summed E-state index contributed by atoms with van der Waals surface area (Å²) in [7, 11) is -3.90. The summed E-state index contributed by atoms with van der Waals surface area (Å²) >= 11 is 0. The van der Waals surface area contributed by atoms with Crippen LogP contribution in [0.25, 0.3) is 10.9 Å². The third-order valence-electron chi connectivity index (χ3n) is 5.53. The standard InChI is InChI=1S/C22H23FN2O2S/c1-15-9-11-25(12-10-15)22-19-8-3-5-16(2)21(19)24-14-20(22)28(26,27)18-7-4-6-17(23)13-18/h3-8,13-15H,9-12H2,1-2H3. The lowest BCUT2D eigenvalue weighted by atomic mass is 9.98. The Balaban J connectivity index is 1.97. The zero-order valence-corrected chi connectivity index (χ0v) is 16.8. The summed E-state index contributed by atoms with van der Waals surface area (Å²) in [5.74, 6) is 0.0494. The minimum atomic E-state index is -3.90. The molecule has 0 amide bonds. The average Bonchev–Trinajstić information content (AvgIpc) is 2.68. The number of hydrogen-bond acceptors (Lipinski definition) is 4. The second-order valence-corrected chi connectivity index (χ2v) is 9.49. The second kappa shape index (κ2) is 7.17. The summed E-state index contributed by atoms with van der Waals surface area (Å²) in [5.41, 5.74) is 2.48. The van der Waals surface area contributed by atoms with E-state index < -0.39 is 15.7 Å². The molecule has 1 aliphatic heterocycles. The Bertz CT molecular complexity index is 1140. The molecule has 1 fully saturated rings. The third kappa shape index (κ3) is 3.26. The molecule has 0 spiro atoms.